The molecule has 1 aliphatic rings. The van der Waals surface area contributed by atoms with Crippen LogP contribution in [0, 0.1) is 5.41 Å². The minimum absolute atomic E-state index is 0.00377. The van der Waals surface area contributed by atoms with Gasteiger partial charge in [-0.1, -0.05) is 46.0 Å². The number of hydrogen-bond donors (Lipinski definition) is 2. The van der Waals surface area contributed by atoms with Crippen LogP contribution in [0.1, 0.15) is 58.8 Å². The molecule has 1 fully saturated rings. The molecule has 1 aliphatic heterocycles. The number of amides is 2. The van der Waals surface area contributed by atoms with Gasteiger partial charge in [-0.3, -0.25) is 10.7 Å². The van der Waals surface area contributed by atoms with Crippen LogP contribution in [0.15, 0.2) is 0 Å². The number of nitrogens with zero attached hydrogens (tertiary/aromatic N) is 1. The number of carbonyl (C=O) groups is 1. The van der Waals surface area contributed by atoms with E-state index in [0.717, 1.165) is 25.8 Å². The van der Waals surface area contributed by atoms with Gasteiger partial charge in [-0.05, 0) is 12.8 Å². The highest BCUT2D eigenvalue weighted by Gasteiger charge is 2.33. The van der Waals surface area contributed by atoms with E-state index < -0.39 is 0 Å². The maximum Gasteiger partial charge on any atom is 0.323 e. The lowest BCUT2D eigenvalue weighted by molar-refractivity contribution is 0.203. The van der Waals surface area contributed by atoms with E-state index >= 15 is 0 Å². The first kappa shape index (κ1) is 14.0. The average Bonchev–Trinajstić information content (AvgIpc) is 2.56. The van der Waals surface area contributed by atoms with Gasteiger partial charge in [0.1, 0.15) is 5.84 Å². The van der Waals surface area contributed by atoms with Crippen molar-refractivity contribution >= 4 is 11.9 Å². The number of carbonyl (C=O) groups excluding carboxylic acids is 1. The fourth-order valence-electron chi connectivity index (χ4n) is 2.31. The molecule has 0 aromatic carbocycles. The summed E-state index contributed by atoms with van der Waals surface area (Å²) in [5.74, 6) is 0.388. The van der Waals surface area contributed by atoms with Crippen molar-refractivity contribution in [3.05, 3.63) is 0 Å². The first-order valence-corrected chi connectivity index (χ1v) is 6.86. The van der Waals surface area contributed by atoms with Crippen molar-refractivity contribution in [1.82, 2.24) is 10.2 Å². The van der Waals surface area contributed by atoms with E-state index in [1.54, 1.807) is 0 Å². The lowest BCUT2D eigenvalue weighted by atomic mass is 10.1. The van der Waals surface area contributed by atoms with E-state index in [0.29, 0.717) is 5.84 Å². The van der Waals surface area contributed by atoms with Gasteiger partial charge in [0, 0.05) is 6.54 Å². The van der Waals surface area contributed by atoms with Crippen molar-refractivity contribution in [2.75, 3.05) is 6.54 Å². The third-order valence-electron chi connectivity index (χ3n) is 3.26. The van der Waals surface area contributed by atoms with Gasteiger partial charge in [0.05, 0.1) is 6.04 Å². The van der Waals surface area contributed by atoms with Crippen LogP contribution in [-0.4, -0.2) is 29.4 Å². The summed E-state index contributed by atoms with van der Waals surface area (Å²) in [5.41, 5.74) is 0. The Morgan fingerprint density at radius 3 is 2.53 bits per heavy atom. The van der Waals surface area contributed by atoms with Crippen molar-refractivity contribution in [2.45, 2.75) is 64.8 Å². The van der Waals surface area contributed by atoms with Crippen LogP contribution in [0.25, 0.3) is 0 Å². The molecule has 1 atom stereocenters. The van der Waals surface area contributed by atoms with Gasteiger partial charge in [0.25, 0.3) is 0 Å². The number of urea groups is 1. The predicted molar refractivity (Wildman–Crippen MR) is 70.4 cm³/mol. The summed E-state index contributed by atoms with van der Waals surface area (Å²) in [6, 6.07) is -0.0838. The van der Waals surface area contributed by atoms with Crippen molar-refractivity contribution in [2.24, 2.45) is 0 Å². The highest BCUT2D eigenvalue weighted by atomic mass is 16.2. The van der Waals surface area contributed by atoms with Crippen LogP contribution in [-0.2, 0) is 0 Å². The molecule has 1 heterocycles. The monoisotopic (exact) mass is 239 g/mol. The van der Waals surface area contributed by atoms with E-state index in [-0.39, 0.29) is 12.1 Å². The lowest BCUT2D eigenvalue weighted by Crippen LogP contribution is -2.35. The Hall–Kier alpha value is -1.06. The lowest BCUT2D eigenvalue weighted by Gasteiger charge is -2.21. The van der Waals surface area contributed by atoms with Crippen molar-refractivity contribution in [1.29, 1.82) is 5.41 Å². The smallest absolute Gasteiger partial charge is 0.314 e. The Balaban J connectivity index is 2.33. The van der Waals surface area contributed by atoms with Gasteiger partial charge < -0.3 is 4.90 Å². The molecule has 2 amide bonds. The second kappa shape index (κ2) is 7.30. The molecule has 0 saturated carbocycles. The summed E-state index contributed by atoms with van der Waals surface area (Å²) >= 11 is 0. The predicted octanol–water partition coefficient (Wildman–Crippen LogP) is 3.13. The second-order valence-corrected chi connectivity index (χ2v) is 4.76. The topological polar surface area (TPSA) is 56.2 Å². The van der Waals surface area contributed by atoms with Crippen LogP contribution in [0.5, 0.6) is 0 Å². The standard InChI is InChI=1S/C13H25N3O/c1-3-5-6-7-8-9-11-12(14)15-13(17)16(11)10-4-2/h11H,3-10H2,1-2H3,(H2,14,15,17). The van der Waals surface area contributed by atoms with Crippen LogP contribution in [0.3, 0.4) is 0 Å². The minimum atomic E-state index is -0.0876. The minimum Gasteiger partial charge on any atom is -0.314 e. The molecule has 0 radical (unpaired) electrons. The molecule has 0 aliphatic carbocycles. The molecule has 2 N–H and O–H groups in total. The summed E-state index contributed by atoms with van der Waals surface area (Å²) in [7, 11) is 0. The molecule has 4 heteroatoms. The summed E-state index contributed by atoms with van der Waals surface area (Å²) in [4.78, 5) is 13.4. The molecule has 1 saturated heterocycles. The first-order valence-electron chi connectivity index (χ1n) is 6.86. The molecule has 0 aromatic rings. The van der Waals surface area contributed by atoms with E-state index in [1.165, 1.54) is 25.7 Å². The molecule has 0 spiro atoms. The van der Waals surface area contributed by atoms with E-state index in [2.05, 4.69) is 19.2 Å². The molecular formula is C13H25N3O. The van der Waals surface area contributed by atoms with Gasteiger partial charge in [-0.25, -0.2) is 4.79 Å². The summed E-state index contributed by atoms with van der Waals surface area (Å²) < 4.78 is 0. The summed E-state index contributed by atoms with van der Waals surface area (Å²) in [5, 5.41) is 10.4. The molecular weight excluding hydrogens is 214 g/mol. The van der Waals surface area contributed by atoms with Crippen molar-refractivity contribution in [3.63, 3.8) is 0 Å². The fourth-order valence-corrected chi connectivity index (χ4v) is 2.31. The number of amidine groups is 1. The molecule has 98 valence electrons. The molecule has 0 bridgehead atoms. The van der Waals surface area contributed by atoms with Crippen LogP contribution in [0.4, 0.5) is 4.79 Å². The van der Waals surface area contributed by atoms with Gasteiger partial charge in [0.2, 0.25) is 0 Å². The maximum atomic E-state index is 11.6. The van der Waals surface area contributed by atoms with Gasteiger partial charge in [0.15, 0.2) is 0 Å². The van der Waals surface area contributed by atoms with Crippen LogP contribution >= 0.6 is 0 Å². The first-order chi connectivity index (χ1) is 8.20. The van der Waals surface area contributed by atoms with E-state index in [9.17, 15) is 4.79 Å². The number of rotatable bonds is 8. The van der Waals surface area contributed by atoms with Crippen LogP contribution < -0.4 is 5.32 Å². The third-order valence-corrected chi connectivity index (χ3v) is 3.26. The average molecular weight is 239 g/mol. The van der Waals surface area contributed by atoms with Crippen LogP contribution in [0.2, 0.25) is 0 Å². The molecule has 1 unspecified atom stereocenters. The Bertz CT molecular complexity index is 265. The maximum absolute atomic E-state index is 11.6. The molecule has 4 nitrogen and oxygen atoms in total. The second-order valence-electron chi connectivity index (χ2n) is 4.76. The Kier molecular flexibility index (Phi) is 6.01. The molecule has 1 rings (SSSR count). The van der Waals surface area contributed by atoms with Crippen molar-refractivity contribution < 1.29 is 4.79 Å². The Morgan fingerprint density at radius 1 is 1.18 bits per heavy atom. The number of nitrogens with one attached hydrogen (secondary N) is 2. The summed E-state index contributed by atoms with van der Waals surface area (Å²) in [6.07, 6.45) is 8.02. The number of unbranched alkanes of at least 4 members (excludes halogenated alkanes) is 4. The largest absolute Gasteiger partial charge is 0.323 e. The fraction of sp³-hybridized carbons (Fsp3) is 0.846. The molecule has 0 aromatic heterocycles. The third kappa shape index (κ3) is 4.02. The summed E-state index contributed by atoms with van der Waals surface area (Å²) in [6.45, 7) is 5.03. The highest BCUT2D eigenvalue weighted by molar-refractivity contribution is 6.05. The van der Waals surface area contributed by atoms with Gasteiger partial charge in [-0.2, -0.15) is 0 Å². The normalized spacial score (nSPS) is 19.9. The number of hydrogen-bond acceptors (Lipinski definition) is 2. The van der Waals surface area contributed by atoms with Crippen molar-refractivity contribution in [3.8, 4) is 0 Å². The van der Waals surface area contributed by atoms with E-state index in [1.807, 2.05) is 4.90 Å². The van der Waals surface area contributed by atoms with Gasteiger partial charge in [-0.15, -0.1) is 0 Å². The molecule has 17 heavy (non-hydrogen) atoms. The van der Waals surface area contributed by atoms with E-state index in [4.69, 9.17) is 5.41 Å². The van der Waals surface area contributed by atoms with Gasteiger partial charge >= 0.3 is 6.03 Å². The zero-order valence-corrected chi connectivity index (χ0v) is 11.1. The Morgan fingerprint density at radius 2 is 1.88 bits per heavy atom. The Labute approximate surface area is 104 Å². The SMILES string of the molecule is CCCCCCCC1C(=N)NC(=O)N1CCC. The zero-order valence-electron chi connectivity index (χ0n) is 11.1. The zero-order chi connectivity index (χ0) is 12.7. The quantitative estimate of drug-likeness (QED) is 0.628. The highest BCUT2D eigenvalue weighted by Crippen LogP contribution is 2.17.